The number of amides is 1. The first-order valence-electron chi connectivity index (χ1n) is 6.99. The maximum Gasteiger partial charge on any atom is 0.272 e. The SMILES string of the molecule is CNCc1cccc(NC(=O)c2cccn2C2CC2)c1. The molecule has 104 valence electrons. The van der Waals surface area contributed by atoms with Gasteiger partial charge in [0.25, 0.3) is 5.91 Å². The lowest BCUT2D eigenvalue weighted by molar-refractivity contribution is 0.101. The maximum atomic E-state index is 12.3. The summed E-state index contributed by atoms with van der Waals surface area (Å²) < 4.78 is 2.08. The average Bonchev–Trinajstić information content (AvgIpc) is 3.16. The smallest absolute Gasteiger partial charge is 0.272 e. The lowest BCUT2D eigenvalue weighted by Crippen LogP contribution is -2.16. The Morgan fingerprint density at radius 1 is 1.30 bits per heavy atom. The number of carbonyl (C=O) groups is 1. The van der Waals surface area contributed by atoms with Gasteiger partial charge in [0.05, 0.1) is 0 Å². The zero-order valence-electron chi connectivity index (χ0n) is 11.6. The summed E-state index contributed by atoms with van der Waals surface area (Å²) in [6, 6.07) is 12.2. The van der Waals surface area contributed by atoms with Gasteiger partial charge in [-0.15, -0.1) is 0 Å². The zero-order chi connectivity index (χ0) is 13.9. The molecule has 1 aliphatic rings. The molecule has 1 fully saturated rings. The van der Waals surface area contributed by atoms with Gasteiger partial charge in [-0.25, -0.2) is 0 Å². The van der Waals surface area contributed by atoms with Gasteiger partial charge >= 0.3 is 0 Å². The molecule has 1 aromatic heterocycles. The Hall–Kier alpha value is -2.07. The number of nitrogens with zero attached hydrogens (tertiary/aromatic N) is 1. The van der Waals surface area contributed by atoms with Crippen LogP contribution in [0.2, 0.25) is 0 Å². The van der Waals surface area contributed by atoms with Crippen molar-refractivity contribution >= 4 is 11.6 Å². The summed E-state index contributed by atoms with van der Waals surface area (Å²) in [6.45, 7) is 0.794. The van der Waals surface area contributed by atoms with E-state index in [1.807, 2.05) is 49.6 Å². The standard InChI is InChI=1S/C16H19N3O/c1-17-11-12-4-2-5-13(10-12)18-16(20)15-6-3-9-19(15)14-7-8-14/h2-6,9-10,14,17H,7-8,11H2,1H3,(H,18,20). The van der Waals surface area contributed by atoms with Gasteiger partial charge in [0.15, 0.2) is 0 Å². The Morgan fingerprint density at radius 2 is 2.15 bits per heavy atom. The number of aromatic nitrogens is 1. The van der Waals surface area contributed by atoms with Crippen molar-refractivity contribution in [2.24, 2.45) is 0 Å². The van der Waals surface area contributed by atoms with E-state index in [9.17, 15) is 4.79 Å². The second kappa shape index (κ2) is 5.51. The van der Waals surface area contributed by atoms with Gasteiger partial charge in [-0.1, -0.05) is 12.1 Å². The van der Waals surface area contributed by atoms with Crippen LogP contribution in [0, 0.1) is 0 Å². The predicted octanol–water partition coefficient (Wildman–Crippen LogP) is 2.79. The van der Waals surface area contributed by atoms with Crippen LogP contribution in [0.15, 0.2) is 42.6 Å². The van der Waals surface area contributed by atoms with E-state index in [0.717, 1.165) is 23.5 Å². The molecule has 1 amide bonds. The van der Waals surface area contributed by atoms with E-state index >= 15 is 0 Å². The van der Waals surface area contributed by atoms with Crippen LogP contribution in [0.25, 0.3) is 0 Å². The number of hydrogen-bond acceptors (Lipinski definition) is 2. The molecule has 0 atom stereocenters. The van der Waals surface area contributed by atoms with Gasteiger partial charge < -0.3 is 15.2 Å². The zero-order valence-corrected chi connectivity index (χ0v) is 11.6. The highest BCUT2D eigenvalue weighted by atomic mass is 16.1. The van der Waals surface area contributed by atoms with Crippen LogP contribution in [0.3, 0.4) is 0 Å². The number of benzene rings is 1. The lowest BCUT2D eigenvalue weighted by atomic mass is 10.2. The normalized spacial score (nSPS) is 14.2. The van der Waals surface area contributed by atoms with Crippen molar-refractivity contribution in [2.45, 2.75) is 25.4 Å². The van der Waals surface area contributed by atoms with Gasteiger partial charge in [-0.3, -0.25) is 4.79 Å². The van der Waals surface area contributed by atoms with Crippen molar-refractivity contribution in [3.63, 3.8) is 0 Å². The first-order valence-corrected chi connectivity index (χ1v) is 6.99. The number of rotatable bonds is 5. The molecule has 0 spiro atoms. The molecule has 0 aliphatic heterocycles. The van der Waals surface area contributed by atoms with Gasteiger partial charge in [-0.2, -0.15) is 0 Å². The molecule has 0 radical (unpaired) electrons. The fourth-order valence-corrected chi connectivity index (χ4v) is 2.42. The minimum Gasteiger partial charge on any atom is -0.340 e. The highest BCUT2D eigenvalue weighted by molar-refractivity contribution is 6.03. The van der Waals surface area contributed by atoms with Crippen LogP contribution < -0.4 is 10.6 Å². The molecule has 20 heavy (non-hydrogen) atoms. The molecule has 4 nitrogen and oxygen atoms in total. The highest BCUT2D eigenvalue weighted by Gasteiger charge is 2.26. The summed E-state index contributed by atoms with van der Waals surface area (Å²) in [6.07, 6.45) is 4.34. The van der Waals surface area contributed by atoms with Crippen LogP contribution in [-0.4, -0.2) is 17.5 Å². The highest BCUT2D eigenvalue weighted by Crippen LogP contribution is 2.36. The predicted molar refractivity (Wildman–Crippen MR) is 79.9 cm³/mol. The van der Waals surface area contributed by atoms with Crippen LogP contribution >= 0.6 is 0 Å². The molecule has 2 N–H and O–H groups in total. The topological polar surface area (TPSA) is 46.1 Å². The molecular formula is C16H19N3O. The molecule has 0 bridgehead atoms. The molecule has 1 aromatic carbocycles. The van der Waals surface area contributed by atoms with Crippen molar-refractivity contribution in [1.82, 2.24) is 9.88 Å². The summed E-state index contributed by atoms with van der Waals surface area (Å²) in [5.74, 6) is -0.0384. The Bertz CT molecular complexity index is 614. The van der Waals surface area contributed by atoms with E-state index in [4.69, 9.17) is 0 Å². The van der Waals surface area contributed by atoms with Crippen molar-refractivity contribution in [3.05, 3.63) is 53.9 Å². The Kier molecular flexibility index (Phi) is 3.56. The summed E-state index contributed by atoms with van der Waals surface area (Å²) in [5, 5.41) is 6.09. The number of carbonyl (C=O) groups excluding carboxylic acids is 1. The van der Waals surface area contributed by atoms with Crippen LogP contribution in [0.1, 0.15) is 34.9 Å². The third kappa shape index (κ3) is 2.75. The molecule has 2 aromatic rings. The molecule has 1 aliphatic carbocycles. The summed E-state index contributed by atoms with van der Waals surface area (Å²) in [5.41, 5.74) is 2.74. The van der Waals surface area contributed by atoms with Crippen molar-refractivity contribution < 1.29 is 4.79 Å². The summed E-state index contributed by atoms with van der Waals surface area (Å²) in [4.78, 5) is 12.3. The first-order chi connectivity index (χ1) is 9.78. The largest absolute Gasteiger partial charge is 0.340 e. The minimum absolute atomic E-state index is 0.0384. The van der Waals surface area contributed by atoms with E-state index in [-0.39, 0.29) is 5.91 Å². The number of nitrogens with one attached hydrogen (secondary N) is 2. The van der Waals surface area contributed by atoms with Crippen LogP contribution in [0.5, 0.6) is 0 Å². The average molecular weight is 269 g/mol. The first kappa shape index (κ1) is 12.9. The molecule has 1 heterocycles. The molecule has 0 saturated heterocycles. The van der Waals surface area contributed by atoms with Crippen LogP contribution in [-0.2, 0) is 6.54 Å². The van der Waals surface area contributed by atoms with E-state index in [0.29, 0.717) is 6.04 Å². The monoisotopic (exact) mass is 269 g/mol. The Labute approximate surface area is 118 Å². The Balaban J connectivity index is 1.75. The minimum atomic E-state index is -0.0384. The van der Waals surface area contributed by atoms with Gasteiger partial charge in [0.2, 0.25) is 0 Å². The quantitative estimate of drug-likeness (QED) is 0.876. The second-order valence-electron chi connectivity index (χ2n) is 5.22. The van der Waals surface area contributed by atoms with Gasteiger partial charge in [0, 0.05) is 24.5 Å². The summed E-state index contributed by atoms with van der Waals surface area (Å²) >= 11 is 0. The van der Waals surface area contributed by atoms with Gasteiger partial charge in [0.1, 0.15) is 5.69 Å². The van der Waals surface area contributed by atoms with E-state index < -0.39 is 0 Å². The fourth-order valence-electron chi connectivity index (χ4n) is 2.42. The van der Waals surface area contributed by atoms with E-state index in [1.165, 1.54) is 12.8 Å². The maximum absolute atomic E-state index is 12.3. The lowest BCUT2D eigenvalue weighted by Gasteiger charge is -2.10. The van der Waals surface area contributed by atoms with Gasteiger partial charge in [-0.05, 0) is 49.7 Å². The van der Waals surface area contributed by atoms with Crippen molar-refractivity contribution in [1.29, 1.82) is 0 Å². The van der Waals surface area contributed by atoms with Crippen molar-refractivity contribution in [2.75, 3.05) is 12.4 Å². The van der Waals surface area contributed by atoms with Crippen molar-refractivity contribution in [3.8, 4) is 0 Å². The Morgan fingerprint density at radius 3 is 2.90 bits per heavy atom. The van der Waals surface area contributed by atoms with Crippen LogP contribution in [0.4, 0.5) is 5.69 Å². The molecule has 0 unspecified atom stereocenters. The van der Waals surface area contributed by atoms with E-state index in [1.54, 1.807) is 0 Å². The molecule has 1 saturated carbocycles. The molecule has 4 heteroatoms. The van der Waals surface area contributed by atoms with E-state index in [2.05, 4.69) is 15.2 Å². The number of anilines is 1. The molecular weight excluding hydrogens is 250 g/mol. The fraction of sp³-hybridized carbons (Fsp3) is 0.312. The third-order valence-electron chi connectivity index (χ3n) is 3.52. The third-order valence-corrected chi connectivity index (χ3v) is 3.52. The summed E-state index contributed by atoms with van der Waals surface area (Å²) in [7, 11) is 1.91. The number of hydrogen-bond donors (Lipinski definition) is 2. The second-order valence-corrected chi connectivity index (χ2v) is 5.22. The molecule has 3 rings (SSSR count).